The molecule has 2 aliphatic carbocycles. The van der Waals surface area contributed by atoms with E-state index in [1.165, 1.54) is 0 Å². The molecule has 2 aliphatic rings. The average Bonchev–Trinajstić information content (AvgIpc) is 3.28. The number of hydrogen-bond donors (Lipinski definition) is 2. The molecule has 2 amide bonds. The summed E-state index contributed by atoms with van der Waals surface area (Å²) in [6.45, 7) is 0. The SMILES string of the molecule is CNC(=O)[C@H]1CC[C@H](NC(=O)c2nc(-n3ccnc3)nc3c2CCCC3)CC1. The Labute approximate surface area is 164 Å². The lowest BCUT2D eigenvalue weighted by Gasteiger charge is -2.28. The van der Waals surface area contributed by atoms with Gasteiger partial charge in [-0.2, -0.15) is 0 Å². The van der Waals surface area contributed by atoms with E-state index in [1.54, 1.807) is 30.3 Å². The Hall–Kier alpha value is -2.77. The standard InChI is InChI=1S/C20H26N6O2/c1-21-18(27)13-6-8-14(9-7-13)23-19(28)17-15-4-2-3-5-16(15)24-20(25-17)26-11-10-22-12-26/h10-14H,2-9H2,1H3,(H,21,27)(H,23,28)/t13-,14-. The van der Waals surface area contributed by atoms with Crippen LogP contribution in [-0.4, -0.2) is 44.4 Å². The van der Waals surface area contributed by atoms with Crippen molar-refractivity contribution in [1.82, 2.24) is 30.2 Å². The number of fused-ring (bicyclic) bond motifs is 1. The van der Waals surface area contributed by atoms with Crippen LogP contribution in [0.25, 0.3) is 5.95 Å². The molecule has 4 rings (SSSR count). The smallest absolute Gasteiger partial charge is 0.270 e. The molecule has 28 heavy (non-hydrogen) atoms. The van der Waals surface area contributed by atoms with Gasteiger partial charge in [0, 0.05) is 42.7 Å². The fourth-order valence-electron chi connectivity index (χ4n) is 4.22. The molecule has 148 valence electrons. The van der Waals surface area contributed by atoms with Gasteiger partial charge in [-0.3, -0.25) is 14.2 Å². The van der Waals surface area contributed by atoms with Crippen molar-refractivity contribution in [3.8, 4) is 5.95 Å². The van der Waals surface area contributed by atoms with Gasteiger partial charge in [-0.05, 0) is 51.4 Å². The van der Waals surface area contributed by atoms with E-state index in [1.807, 2.05) is 0 Å². The minimum atomic E-state index is -0.134. The lowest BCUT2D eigenvalue weighted by molar-refractivity contribution is -0.125. The topological polar surface area (TPSA) is 102 Å². The number of nitrogens with zero attached hydrogens (tertiary/aromatic N) is 4. The van der Waals surface area contributed by atoms with Gasteiger partial charge in [0.2, 0.25) is 11.9 Å². The number of carbonyl (C=O) groups is 2. The number of imidazole rings is 1. The molecule has 0 unspecified atom stereocenters. The molecule has 2 N–H and O–H groups in total. The summed E-state index contributed by atoms with van der Waals surface area (Å²) in [5.41, 5.74) is 2.44. The first-order valence-electron chi connectivity index (χ1n) is 10.1. The number of carbonyl (C=O) groups excluding carboxylic acids is 2. The van der Waals surface area contributed by atoms with E-state index in [-0.39, 0.29) is 23.8 Å². The zero-order valence-electron chi connectivity index (χ0n) is 16.1. The van der Waals surface area contributed by atoms with Gasteiger partial charge in [0.25, 0.3) is 5.91 Å². The van der Waals surface area contributed by atoms with E-state index >= 15 is 0 Å². The Bertz CT molecular complexity index is 856. The zero-order chi connectivity index (χ0) is 19.5. The summed E-state index contributed by atoms with van der Waals surface area (Å²) >= 11 is 0. The molecule has 0 aromatic carbocycles. The third-order valence-corrected chi connectivity index (χ3v) is 5.80. The van der Waals surface area contributed by atoms with Crippen LogP contribution in [0.4, 0.5) is 0 Å². The van der Waals surface area contributed by atoms with Crippen LogP contribution in [0.5, 0.6) is 0 Å². The average molecular weight is 382 g/mol. The second-order valence-corrected chi connectivity index (χ2v) is 7.61. The fourth-order valence-corrected chi connectivity index (χ4v) is 4.22. The van der Waals surface area contributed by atoms with Crippen molar-refractivity contribution in [3.63, 3.8) is 0 Å². The van der Waals surface area contributed by atoms with Crippen LogP contribution in [0.2, 0.25) is 0 Å². The summed E-state index contributed by atoms with van der Waals surface area (Å²) < 4.78 is 1.74. The summed E-state index contributed by atoms with van der Waals surface area (Å²) in [6, 6.07) is 0.0827. The number of rotatable bonds is 4. The first-order valence-corrected chi connectivity index (χ1v) is 10.1. The van der Waals surface area contributed by atoms with Crippen molar-refractivity contribution < 1.29 is 9.59 Å². The van der Waals surface area contributed by atoms with Crippen LogP contribution >= 0.6 is 0 Å². The number of aromatic nitrogens is 4. The second-order valence-electron chi connectivity index (χ2n) is 7.61. The van der Waals surface area contributed by atoms with Crippen LogP contribution in [0.1, 0.15) is 60.3 Å². The molecule has 2 aromatic heterocycles. The van der Waals surface area contributed by atoms with Gasteiger partial charge in [-0.15, -0.1) is 0 Å². The molecule has 0 saturated heterocycles. The van der Waals surface area contributed by atoms with Crippen molar-refractivity contribution in [1.29, 1.82) is 0 Å². The summed E-state index contributed by atoms with van der Waals surface area (Å²) in [6.07, 6.45) is 12.2. The van der Waals surface area contributed by atoms with Crippen molar-refractivity contribution in [2.75, 3.05) is 7.05 Å². The largest absolute Gasteiger partial charge is 0.359 e. The monoisotopic (exact) mass is 382 g/mol. The van der Waals surface area contributed by atoms with E-state index < -0.39 is 0 Å². The van der Waals surface area contributed by atoms with E-state index in [2.05, 4.69) is 25.6 Å². The Balaban J connectivity index is 1.52. The van der Waals surface area contributed by atoms with E-state index in [0.29, 0.717) is 11.6 Å². The van der Waals surface area contributed by atoms with Gasteiger partial charge in [0.15, 0.2) is 0 Å². The number of amides is 2. The van der Waals surface area contributed by atoms with Crippen LogP contribution in [0.3, 0.4) is 0 Å². The van der Waals surface area contributed by atoms with E-state index in [9.17, 15) is 9.59 Å². The van der Waals surface area contributed by atoms with Gasteiger partial charge in [-0.25, -0.2) is 15.0 Å². The van der Waals surface area contributed by atoms with Crippen molar-refractivity contribution in [2.45, 2.75) is 57.4 Å². The van der Waals surface area contributed by atoms with Gasteiger partial charge in [-0.1, -0.05) is 0 Å². The third kappa shape index (κ3) is 3.76. The van der Waals surface area contributed by atoms with Crippen molar-refractivity contribution >= 4 is 11.8 Å². The van der Waals surface area contributed by atoms with Crippen molar-refractivity contribution in [2.24, 2.45) is 5.92 Å². The number of aryl methyl sites for hydroxylation is 1. The van der Waals surface area contributed by atoms with Gasteiger partial charge in [0.05, 0.1) is 0 Å². The maximum Gasteiger partial charge on any atom is 0.270 e. The first-order chi connectivity index (χ1) is 13.7. The highest BCUT2D eigenvalue weighted by atomic mass is 16.2. The lowest BCUT2D eigenvalue weighted by Crippen LogP contribution is -2.41. The van der Waals surface area contributed by atoms with Crippen LogP contribution in [-0.2, 0) is 17.6 Å². The molecular formula is C20H26N6O2. The minimum absolute atomic E-state index is 0.0535. The maximum atomic E-state index is 13.1. The summed E-state index contributed by atoms with van der Waals surface area (Å²) in [7, 11) is 1.67. The Kier molecular flexibility index (Phi) is 5.36. The van der Waals surface area contributed by atoms with E-state index in [0.717, 1.165) is 62.6 Å². The Morgan fingerprint density at radius 1 is 1.11 bits per heavy atom. The minimum Gasteiger partial charge on any atom is -0.359 e. The van der Waals surface area contributed by atoms with E-state index in [4.69, 9.17) is 0 Å². The second kappa shape index (κ2) is 8.08. The molecular weight excluding hydrogens is 356 g/mol. The highest BCUT2D eigenvalue weighted by Crippen LogP contribution is 2.26. The number of nitrogens with one attached hydrogen (secondary N) is 2. The number of hydrogen-bond acceptors (Lipinski definition) is 5. The molecule has 0 radical (unpaired) electrons. The molecule has 8 heteroatoms. The summed E-state index contributed by atoms with van der Waals surface area (Å²) in [4.78, 5) is 38.2. The zero-order valence-corrected chi connectivity index (χ0v) is 16.1. The van der Waals surface area contributed by atoms with Gasteiger partial charge < -0.3 is 10.6 Å². The molecule has 0 bridgehead atoms. The molecule has 0 spiro atoms. The Morgan fingerprint density at radius 2 is 1.89 bits per heavy atom. The normalized spacial score (nSPS) is 21.6. The molecule has 1 saturated carbocycles. The lowest BCUT2D eigenvalue weighted by atomic mass is 9.85. The highest BCUT2D eigenvalue weighted by molar-refractivity contribution is 5.94. The van der Waals surface area contributed by atoms with Crippen LogP contribution < -0.4 is 10.6 Å². The molecule has 2 aromatic rings. The quantitative estimate of drug-likeness (QED) is 0.836. The van der Waals surface area contributed by atoms with Crippen molar-refractivity contribution in [3.05, 3.63) is 35.7 Å². The van der Waals surface area contributed by atoms with Crippen LogP contribution in [0, 0.1) is 5.92 Å². The summed E-state index contributed by atoms with van der Waals surface area (Å²) in [5.74, 6) is 0.509. The predicted molar refractivity (Wildman–Crippen MR) is 103 cm³/mol. The molecule has 2 heterocycles. The fraction of sp³-hybridized carbons (Fsp3) is 0.550. The molecule has 8 nitrogen and oxygen atoms in total. The molecule has 0 atom stereocenters. The maximum absolute atomic E-state index is 13.1. The predicted octanol–water partition coefficient (Wildman–Crippen LogP) is 1.58. The molecule has 1 fully saturated rings. The Morgan fingerprint density at radius 3 is 2.61 bits per heavy atom. The first kappa shape index (κ1) is 18.6. The van der Waals surface area contributed by atoms with Gasteiger partial charge >= 0.3 is 0 Å². The highest BCUT2D eigenvalue weighted by Gasteiger charge is 2.29. The van der Waals surface area contributed by atoms with Gasteiger partial charge in [0.1, 0.15) is 12.0 Å². The third-order valence-electron chi connectivity index (χ3n) is 5.80. The molecule has 0 aliphatic heterocycles. The summed E-state index contributed by atoms with van der Waals surface area (Å²) in [5, 5.41) is 5.87. The van der Waals surface area contributed by atoms with Crippen LogP contribution in [0.15, 0.2) is 18.7 Å².